The van der Waals surface area contributed by atoms with Gasteiger partial charge in [-0.3, -0.25) is 9.97 Å². The predicted octanol–water partition coefficient (Wildman–Crippen LogP) is 10.2. The van der Waals surface area contributed by atoms with E-state index in [0.717, 1.165) is 22.3 Å². The summed E-state index contributed by atoms with van der Waals surface area (Å²) in [7, 11) is 0. The van der Waals surface area contributed by atoms with E-state index in [-0.39, 0.29) is 5.41 Å². The first-order valence-electron chi connectivity index (χ1n) is 14.3. The highest BCUT2D eigenvalue weighted by atomic mass is 14.7. The zero-order valence-electron chi connectivity index (χ0n) is 23.8. The van der Waals surface area contributed by atoms with Crippen molar-refractivity contribution < 1.29 is 0 Å². The number of pyridine rings is 2. The van der Waals surface area contributed by atoms with Crippen molar-refractivity contribution in [3.05, 3.63) is 131 Å². The summed E-state index contributed by atoms with van der Waals surface area (Å²) >= 11 is 0. The van der Waals surface area contributed by atoms with Gasteiger partial charge in [0.15, 0.2) is 0 Å². The van der Waals surface area contributed by atoms with E-state index in [1.807, 2.05) is 12.4 Å². The predicted molar refractivity (Wildman–Crippen MR) is 174 cm³/mol. The third-order valence-corrected chi connectivity index (χ3v) is 9.01. The smallest absolute Gasteiger partial charge is 0.0792 e. The van der Waals surface area contributed by atoms with Crippen molar-refractivity contribution in [1.29, 1.82) is 0 Å². The third kappa shape index (κ3) is 3.44. The van der Waals surface area contributed by atoms with Gasteiger partial charge in [-0.1, -0.05) is 98.3 Å². The van der Waals surface area contributed by atoms with E-state index in [1.54, 1.807) is 0 Å². The van der Waals surface area contributed by atoms with Crippen LogP contribution >= 0.6 is 0 Å². The highest BCUT2D eigenvalue weighted by Gasteiger charge is 2.37. The van der Waals surface area contributed by atoms with Crippen molar-refractivity contribution in [1.82, 2.24) is 9.97 Å². The Morgan fingerprint density at radius 2 is 1.44 bits per heavy atom. The van der Waals surface area contributed by atoms with E-state index in [1.165, 1.54) is 65.5 Å². The van der Waals surface area contributed by atoms with Crippen LogP contribution in [-0.4, -0.2) is 9.97 Å². The molecule has 8 rings (SSSR count). The molecule has 0 aliphatic heterocycles. The fourth-order valence-electron chi connectivity index (χ4n) is 7.08. The molecule has 0 saturated heterocycles. The number of nitrogens with zero attached hydrogens (tertiary/aromatic N) is 2. The Labute approximate surface area is 240 Å². The van der Waals surface area contributed by atoms with Crippen molar-refractivity contribution >= 4 is 55.4 Å². The molecule has 1 aliphatic rings. The molecule has 0 saturated carbocycles. The van der Waals surface area contributed by atoms with Crippen LogP contribution in [0, 0.1) is 13.8 Å². The Bertz CT molecular complexity index is 2230. The van der Waals surface area contributed by atoms with Gasteiger partial charge in [0, 0.05) is 34.1 Å². The Morgan fingerprint density at radius 3 is 2.29 bits per heavy atom. The standard InChI is InChI=1S/C39H30N2/c1-23-11-16-28(33-18-12-24(2)22-41-33)27(20-23)14-13-25-15-17-32-36-34(25)38-30(10-7-19-40-38)31-21-26-8-5-6-9-29(26)37(35(31)36)39(32,3)4/h5-22H,1-4H3/b14-13+. The third-order valence-electron chi connectivity index (χ3n) is 9.01. The normalized spacial score (nSPS) is 14.0. The van der Waals surface area contributed by atoms with Crippen molar-refractivity contribution in [2.45, 2.75) is 33.1 Å². The highest BCUT2D eigenvalue weighted by molar-refractivity contribution is 6.32. The first kappa shape index (κ1) is 24.0. The summed E-state index contributed by atoms with van der Waals surface area (Å²) in [5.41, 5.74) is 10.7. The molecule has 5 aromatic carbocycles. The second-order valence-corrected chi connectivity index (χ2v) is 12.0. The van der Waals surface area contributed by atoms with Gasteiger partial charge in [0.2, 0.25) is 0 Å². The summed E-state index contributed by atoms with van der Waals surface area (Å²) in [6, 6.07) is 31.0. The fraction of sp³-hybridized carbons (Fsp3) is 0.128. The number of aromatic nitrogens is 2. The largest absolute Gasteiger partial charge is 0.256 e. The van der Waals surface area contributed by atoms with Crippen LogP contribution < -0.4 is 0 Å². The van der Waals surface area contributed by atoms with Crippen LogP contribution in [0.5, 0.6) is 0 Å². The topological polar surface area (TPSA) is 25.8 Å². The minimum Gasteiger partial charge on any atom is -0.256 e. The molecule has 0 amide bonds. The Kier molecular flexibility index (Phi) is 5.03. The first-order valence-corrected chi connectivity index (χ1v) is 14.3. The Morgan fingerprint density at radius 1 is 0.634 bits per heavy atom. The first-order chi connectivity index (χ1) is 19.9. The zero-order valence-corrected chi connectivity index (χ0v) is 23.8. The van der Waals surface area contributed by atoms with Gasteiger partial charge in [0.1, 0.15) is 0 Å². The molecule has 0 radical (unpaired) electrons. The van der Waals surface area contributed by atoms with E-state index in [2.05, 4.69) is 125 Å². The molecule has 2 nitrogen and oxygen atoms in total. The molecule has 0 atom stereocenters. The van der Waals surface area contributed by atoms with Crippen molar-refractivity contribution in [2.75, 3.05) is 0 Å². The summed E-state index contributed by atoms with van der Waals surface area (Å²) in [5, 5.41) is 9.13. The quantitative estimate of drug-likeness (QED) is 0.130. The Hall–Kier alpha value is -4.82. The monoisotopic (exact) mass is 526 g/mol. The molecule has 2 heterocycles. The van der Waals surface area contributed by atoms with Crippen molar-refractivity contribution in [2.24, 2.45) is 0 Å². The van der Waals surface area contributed by atoms with Crippen LogP contribution in [-0.2, 0) is 5.41 Å². The summed E-state index contributed by atoms with van der Waals surface area (Å²) in [4.78, 5) is 9.75. The van der Waals surface area contributed by atoms with Gasteiger partial charge in [-0.25, -0.2) is 0 Å². The Balaban J connectivity index is 1.44. The lowest BCUT2D eigenvalue weighted by Crippen LogP contribution is -2.15. The van der Waals surface area contributed by atoms with Gasteiger partial charge in [0.05, 0.1) is 11.2 Å². The van der Waals surface area contributed by atoms with Gasteiger partial charge >= 0.3 is 0 Å². The molecule has 0 N–H and O–H groups in total. The van der Waals surface area contributed by atoms with Crippen LogP contribution in [0.4, 0.5) is 0 Å². The maximum atomic E-state index is 5.01. The van der Waals surface area contributed by atoms with Crippen LogP contribution in [0.25, 0.3) is 66.6 Å². The van der Waals surface area contributed by atoms with E-state index >= 15 is 0 Å². The summed E-state index contributed by atoms with van der Waals surface area (Å²) in [6.45, 7) is 8.98. The van der Waals surface area contributed by atoms with Crippen molar-refractivity contribution in [3.8, 4) is 11.3 Å². The van der Waals surface area contributed by atoms with Crippen LogP contribution in [0.3, 0.4) is 0 Å². The zero-order chi connectivity index (χ0) is 27.9. The molecule has 2 aromatic heterocycles. The summed E-state index contributed by atoms with van der Waals surface area (Å²) in [6.07, 6.45) is 8.40. The SMILES string of the molecule is Cc1ccc(-c2ccc(C)cc2/C=C/c2ccc3c4c5c(c6ccccc6cc5c5cccnc5c24)C3(C)C)nc1. The molecular formula is C39H30N2. The molecule has 1 aliphatic carbocycles. The van der Waals surface area contributed by atoms with Gasteiger partial charge < -0.3 is 0 Å². The number of fused-ring (bicyclic) bond motifs is 5. The van der Waals surface area contributed by atoms with E-state index in [9.17, 15) is 0 Å². The molecule has 0 spiro atoms. The van der Waals surface area contributed by atoms with E-state index in [4.69, 9.17) is 9.97 Å². The molecule has 2 heteroatoms. The van der Waals surface area contributed by atoms with E-state index in [0.29, 0.717) is 0 Å². The van der Waals surface area contributed by atoms with E-state index < -0.39 is 0 Å². The molecule has 0 unspecified atom stereocenters. The van der Waals surface area contributed by atoms with Crippen LogP contribution in [0.1, 0.15) is 47.2 Å². The number of hydrogen-bond donors (Lipinski definition) is 0. The fourth-order valence-corrected chi connectivity index (χ4v) is 7.08. The van der Waals surface area contributed by atoms with Gasteiger partial charge in [-0.05, 0) is 86.8 Å². The highest BCUT2D eigenvalue weighted by Crippen LogP contribution is 2.54. The molecule has 0 bridgehead atoms. The number of hydrogen-bond acceptors (Lipinski definition) is 2. The minimum atomic E-state index is -0.111. The molecule has 0 fully saturated rings. The van der Waals surface area contributed by atoms with Gasteiger partial charge in [-0.15, -0.1) is 0 Å². The molecular weight excluding hydrogens is 496 g/mol. The lowest BCUT2D eigenvalue weighted by molar-refractivity contribution is 0.668. The lowest BCUT2D eigenvalue weighted by Gasteiger charge is -2.24. The summed E-state index contributed by atoms with van der Waals surface area (Å²) in [5.74, 6) is 0. The molecule has 41 heavy (non-hydrogen) atoms. The van der Waals surface area contributed by atoms with Crippen molar-refractivity contribution in [3.63, 3.8) is 0 Å². The maximum Gasteiger partial charge on any atom is 0.0792 e. The van der Waals surface area contributed by atoms with Crippen LogP contribution in [0.15, 0.2) is 97.3 Å². The van der Waals surface area contributed by atoms with Gasteiger partial charge in [-0.2, -0.15) is 0 Å². The lowest BCUT2D eigenvalue weighted by atomic mass is 9.79. The number of rotatable bonds is 3. The molecule has 196 valence electrons. The van der Waals surface area contributed by atoms with Gasteiger partial charge in [0.25, 0.3) is 0 Å². The second-order valence-electron chi connectivity index (χ2n) is 12.0. The number of benzene rings is 5. The molecule has 7 aromatic rings. The maximum absolute atomic E-state index is 5.01. The minimum absolute atomic E-state index is 0.111. The second kappa shape index (κ2) is 8.59. The average Bonchev–Trinajstić information content (AvgIpc) is 3.23. The number of aryl methyl sites for hydroxylation is 2. The summed E-state index contributed by atoms with van der Waals surface area (Å²) < 4.78 is 0. The average molecular weight is 527 g/mol. The van der Waals surface area contributed by atoms with Crippen LogP contribution in [0.2, 0.25) is 0 Å².